The first-order valence-electron chi connectivity index (χ1n) is 3.65. The Morgan fingerprint density at radius 2 is 1.83 bits per heavy atom. The van der Waals surface area contributed by atoms with E-state index in [1.165, 1.54) is 0 Å². The normalized spacial score (nSPS) is 14.0. The molecule has 0 aromatic rings. The third kappa shape index (κ3) is 3.46. The summed E-state index contributed by atoms with van der Waals surface area (Å²) in [5, 5.41) is 8.21. The van der Waals surface area contributed by atoms with Crippen LogP contribution in [-0.2, 0) is 9.59 Å². The predicted molar refractivity (Wildman–Crippen MR) is 41.6 cm³/mol. The van der Waals surface area contributed by atoms with Crippen LogP contribution in [0.4, 0.5) is 4.39 Å². The van der Waals surface area contributed by atoms with E-state index in [1.807, 2.05) is 0 Å². The molecule has 70 valence electrons. The van der Waals surface area contributed by atoms with Crippen molar-refractivity contribution in [3.05, 3.63) is 0 Å². The van der Waals surface area contributed by atoms with Crippen molar-refractivity contribution in [2.45, 2.75) is 33.4 Å². The van der Waals surface area contributed by atoms with E-state index in [2.05, 4.69) is 0 Å². The molecule has 0 aromatic carbocycles. The molecular weight excluding hydrogens is 163 g/mol. The molecule has 0 aliphatic carbocycles. The fraction of sp³-hybridized carbons (Fsp3) is 0.750. The molecule has 1 N–H and O–H groups in total. The number of hydrogen-bond donors (Lipinski definition) is 1. The largest absolute Gasteiger partial charge is 0.481 e. The third-order valence-electron chi connectivity index (χ3n) is 1.38. The van der Waals surface area contributed by atoms with Gasteiger partial charge >= 0.3 is 5.97 Å². The van der Waals surface area contributed by atoms with Gasteiger partial charge in [-0.3, -0.25) is 9.59 Å². The highest BCUT2D eigenvalue weighted by Crippen LogP contribution is 2.19. The first-order valence-corrected chi connectivity index (χ1v) is 3.65. The molecule has 0 rings (SSSR count). The second-order valence-electron chi connectivity index (χ2n) is 3.68. The zero-order valence-corrected chi connectivity index (χ0v) is 7.43. The molecule has 0 spiro atoms. The van der Waals surface area contributed by atoms with Crippen molar-refractivity contribution in [2.75, 3.05) is 0 Å². The lowest BCUT2D eigenvalue weighted by Crippen LogP contribution is -2.31. The van der Waals surface area contributed by atoms with Gasteiger partial charge < -0.3 is 5.11 Å². The Hall–Kier alpha value is -0.930. The highest BCUT2D eigenvalue weighted by molar-refractivity contribution is 5.90. The number of aliphatic carboxylic acids is 1. The average Bonchev–Trinajstić information content (AvgIpc) is 1.82. The van der Waals surface area contributed by atoms with E-state index in [0.29, 0.717) is 0 Å². The van der Waals surface area contributed by atoms with Crippen molar-refractivity contribution in [3.63, 3.8) is 0 Å². The molecule has 0 aliphatic rings. The van der Waals surface area contributed by atoms with E-state index in [1.54, 1.807) is 20.8 Å². The number of carbonyl (C=O) groups excluding carboxylic acids is 1. The number of carbonyl (C=O) groups is 2. The summed E-state index contributed by atoms with van der Waals surface area (Å²) in [6.45, 7) is 4.68. The highest BCUT2D eigenvalue weighted by Gasteiger charge is 2.30. The number of carboxylic acids is 1. The molecule has 0 aliphatic heterocycles. The molecular formula is C8H13FO3. The SMILES string of the molecule is CC(C)(C)C(=O)[C@H](F)CC(=O)O. The van der Waals surface area contributed by atoms with Gasteiger partial charge in [0.2, 0.25) is 0 Å². The summed E-state index contributed by atoms with van der Waals surface area (Å²) in [7, 11) is 0. The number of Topliss-reactive ketones (excluding diaryl/α,β-unsaturated/α-hetero) is 1. The molecule has 0 fully saturated rings. The van der Waals surface area contributed by atoms with Gasteiger partial charge in [-0.15, -0.1) is 0 Å². The molecule has 0 radical (unpaired) electrons. The van der Waals surface area contributed by atoms with Gasteiger partial charge in [0.05, 0.1) is 6.42 Å². The Kier molecular flexibility index (Phi) is 3.36. The van der Waals surface area contributed by atoms with E-state index < -0.39 is 29.8 Å². The van der Waals surface area contributed by atoms with Crippen LogP contribution in [0.15, 0.2) is 0 Å². The van der Waals surface area contributed by atoms with Crippen molar-refractivity contribution >= 4 is 11.8 Å². The van der Waals surface area contributed by atoms with Crippen LogP contribution >= 0.6 is 0 Å². The van der Waals surface area contributed by atoms with Gasteiger partial charge in [-0.1, -0.05) is 20.8 Å². The summed E-state index contributed by atoms with van der Waals surface area (Å²) >= 11 is 0. The van der Waals surface area contributed by atoms with Crippen LogP contribution in [0.25, 0.3) is 0 Å². The zero-order valence-electron chi connectivity index (χ0n) is 7.43. The fourth-order valence-corrected chi connectivity index (χ4v) is 0.716. The van der Waals surface area contributed by atoms with Crippen molar-refractivity contribution in [2.24, 2.45) is 5.41 Å². The van der Waals surface area contributed by atoms with Crippen LogP contribution in [0, 0.1) is 5.41 Å². The van der Waals surface area contributed by atoms with E-state index >= 15 is 0 Å². The van der Waals surface area contributed by atoms with E-state index in [-0.39, 0.29) is 0 Å². The average molecular weight is 176 g/mol. The van der Waals surface area contributed by atoms with Gasteiger partial charge in [0.25, 0.3) is 0 Å². The number of ketones is 1. The van der Waals surface area contributed by atoms with Gasteiger partial charge in [-0.2, -0.15) is 0 Å². The number of rotatable bonds is 3. The summed E-state index contributed by atoms with van der Waals surface area (Å²) in [5.74, 6) is -1.95. The van der Waals surface area contributed by atoms with E-state index in [9.17, 15) is 14.0 Å². The van der Waals surface area contributed by atoms with Gasteiger partial charge in [0.1, 0.15) is 0 Å². The van der Waals surface area contributed by atoms with Crippen LogP contribution in [-0.4, -0.2) is 23.0 Å². The van der Waals surface area contributed by atoms with Crippen molar-refractivity contribution in [1.29, 1.82) is 0 Å². The van der Waals surface area contributed by atoms with Gasteiger partial charge in [-0.05, 0) is 0 Å². The van der Waals surface area contributed by atoms with Crippen LogP contribution < -0.4 is 0 Å². The molecule has 12 heavy (non-hydrogen) atoms. The first-order chi connectivity index (χ1) is 5.25. The van der Waals surface area contributed by atoms with Gasteiger partial charge in [0, 0.05) is 5.41 Å². The second kappa shape index (κ2) is 3.65. The van der Waals surface area contributed by atoms with Gasteiger partial charge in [0.15, 0.2) is 12.0 Å². The molecule has 0 bridgehead atoms. The van der Waals surface area contributed by atoms with Crippen molar-refractivity contribution in [1.82, 2.24) is 0 Å². The lowest BCUT2D eigenvalue weighted by atomic mass is 9.87. The highest BCUT2D eigenvalue weighted by atomic mass is 19.1. The number of alkyl halides is 1. The molecule has 0 unspecified atom stereocenters. The molecule has 0 saturated carbocycles. The van der Waals surface area contributed by atoms with Crippen LogP contribution in [0.3, 0.4) is 0 Å². The lowest BCUT2D eigenvalue weighted by Gasteiger charge is -2.18. The van der Waals surface area contributed by atoms with Crippen LogP contribution in [0.5, 0.6) is 0 Å². The van der Waals surface area contributed by atoms with Crippen molar-refractivity contribution in [3.8, 4) is 0 Å². The predicted octanol–water partition coefficient (Wildman–Crippen LogP) is 1.41. The Bertz CT molecular complexity index is 193. The Morgan fingerprint density at radius 1 is 1.42 bits per heavy atom. The first kappa shape index (κ1) is 11.1. The maximum Gasteiger partial charge on any atom is 0.306 e. The minimum Gasteiger partial charge on any atom is -0.481 e. The number of carboxylic acid groups (broad SMARTS) is 1. The monoisotopic (exact) mass is 176 g/mol. The maximum atomic E-state index is 12.8. The fourth-order valence-electron chi connectivity index (χ4n) is 0.716. The summed E-state index contributed by atoms with van der Waals surface area (Å²) in [6.07, 6.45) is -2.63. The van der Waals surface area contributed by atoms with E-state index in [4.69, 9.17) is 5.11 Å². The smallest absolute Gasteiger partial charge is 0.306 e. The minimum absolute atomic E-state index is 0.662. The lowest BCUT2D eigenvalue weighted by molar-refractivity contribution is -0.143. The third-order valence-corrected chi connectivity index (χ3v) is 1.38. The van der Waals surface area contributed by atoms with Gasteiger partial charge in [-0.25, -0.2) is 4.39 Å². The Balaban J connectivity index is 4.21. The number of halogens is 1. The molecule has 0 aromatic heterocycles. The Labute approximate surface area is 70.6 Å². The molecule has 3 nitrogen and oxygen atoms in total. The number of hydrogen-bond acceptors (Lipinski definition) is 2. The van der Waals surface area contributed by atoms with E-state index in [0.717, 1.165) is 0 Å². The second-order valence-corrected chi connectivity index (χ2v) is 3.68. The summed E-state index contributed by atoms with van der Waals surface area (Å²) < 4.78 is 12.8. The molecule has 0 heterocycles. The van der Waals surface area contributed by atoms with Crippen molar-refractivity contribution < 1.29 is 19.1 Å². The summed E-state index contributed by atoms with van der Waals surface area (Å²) in [5.41, 5.74) is -0.811. The summed E-state index contributed by atoms with van der Waals surface area (Å²) in [4.78, 5) is 21.1. The topological polar surface area (TPSA) is 54.4 Å². The molecule has 0 saturated heterocycles. The molecule has 0 amide bonds. The maximum absolute atomic E-state index is 12.8. The Morgan fingerprint density at radius 3 is 2.08 bits per heavy atom. The minimum atomic E-state index is -1.89. The quantitative estimate of drug-likeness (QED) is 0.707. The molecule has 4 heteroatoms. The molecule has 1 atom stereocenters. The van der Waals surface area contributed by atoms with Crippen LogP contribution in [0.1, 0.15) is 27.2 Å². The van der Waals surface area contributed by atoms with Crippen LogP contribution in [0.2, 0.25) is 0 Å². The standard InChI is InChI=1S/C8H13FO3/c1-8(2,3)7(12)5(9)4-6(10)11/h5H,4H2,1-3H3,(H,10,11)/t5-/m1/s1. The summed E-state index contributed by atoms with van der Waals surface area (Å²) in [6, 6.07) is 0. The zero-order chi connectivity index (χ0) is 9.94.